The van der Waals surface area contributed by atoms with Crippen molar-refractivity contribution in [1.29, 1.82) is 0 Å². The number of fused-ring (bicyclic) bond motifs is 1. The lowest BCUT2D eigenvalue weighted by Gasteiger charge is -2.47. The van der Waals surface area contributed by atoms with Crippen molar-refractivity contribution in [2.24, 2.45) is 5.92 Å². The second kappa shape index (κ2) is 8.61. The van der Waals surface area contributed by atoms with E-state index in [2.05, 4.69) is 30.7 Å². The highest BCUT2D eigenvalue weighted by atomic mass is 35.5. The smallest absolute Gasteiger partial charge is 0.224 e. The average Bonchev–Trinajstić information content (AvgIpc) is 3.09. The van der Waals surface area contributed by atoms with Gasteiger partial charge in [-0.1, -0.05) is 0 Å². The Morgan fingerprint density at radius 2 is 2.00 bits per heavy atom. The van der Waals surface area contributed by atoms with Crippen LogP contribution in [-0.4, -0.2) is 90.0 Å². The van der Waals surface area contributed by atoms with Gasteiger partial charge < -0.3 is 14.7 Å². The summed E-state index contributed by atoms with van der Waals surface area (Å²) in [5.41, 5.74) is 0.931. The van der Waals surface area contributed by atoms with Gasteiger partial charge in [0.2, 0.25) is 5.28 Å². The maximum atomic E-state index is 9.94. The number of thiophene rings is 1. The molecule has 5 heterocycles. The summed E-state index contributed by atoms with van der Waals surface area (Å²) >= 11 is 8.00. The van der Waals surface area contributed by atoms with Crippen LogP contribution in [0.4, 0.5) is 5.82 Å². The maximum absolute atomic E-state index is 9.94. The number of aromatic nitrogens is 2. The monoisotopic (exact) mass is 437 g/mol. The van der Waals surface area contributed by atoms with Crippen LogP contribution < -0.4 is 4.90 Å². The first-order valence-electron chi connectivity index (χ1n) is 10.6. The molecule has 0 amide bonds. The van der Waals surface area contributed by atoms with Crippen LogP contribution in [0.3, 0.4) is 0 Å². The average molecular weight is 438 g/mol. The highest BCUT2D eigenvalue weighted by molar-refractivity contribution is 7.19. The third-order valence-electron chi connectivity index (χ3n) is 6.44. The first kappa shape index (κ1) is 19.9. The Morgan fingerprint density at radius 1 is 1.17 bits per heavy atom. The molecule has 3 fully saturated rings. The molecule has 1 N–H and O–H groups in total. The van der Waals surface area contributed by atoms with Gasteiger partial charge in [0.25, 0.3) is 0 Å². The van der Waals surface area contributed by atoms with E-state index in [4.69, 9.17) is 16.3 Å². The van der Waals surface area contributed by atoms with Crippen LogP contribution in [0.15, 0.2) is 6.07 Å². The van der Waals surface area contributed by atoms with Crippen molar-refractivity contribution in [3.8, 4) is 0 Å². The van der Waals surface area contributed by atoms with E-state index in [1.807, 2.05) is 0 Å². The first-order valence-corrected chi connectivity index (χ1v) is 11.8. The number of halogens is 1. The van der Waals surface area contributed by atoms with Crippen LogP contribution in [0.5, 0.6) is 0 Å². The summed E-state index contributed by atoms with van der Waals surface area (Å²) in [5, 5.41) is 10.2. The van der Waals surface area contributed by atoms with Gasteiger partial charge in [-0.2, -0.15) is 4.98 Å². The number of hydrogen-bond acceptors (Lipinski definition) is 8. The molecule has 2 aromatic rings. The maximum Gasteiger partial charge on any atom is 0.224 e. The summed E-state index contributed by atoms with van der Waals surface area (Å²) in [5.74, 6) is 1.28. The minimum Gasteiger partial charge on any atom is -0.396 e. The number of aliphatic hydroxyl groups is 1. The molecule has 2 atom stereocenters. The molecule has 158 valence electrons. The fourth-order valence-electron chi connectivity index (χ4n) is 4.80. The van der Waals surface area contributed by atoms with E-state index in [0.717, 1.165) is 68.4 Å². The molecule has 2 unspecified atom stereocenters. The Labute approximate surface area is 180 Å². The molecule has 2 aromatic heterocycles. The minimum absolute atomic E-state index is 0.270. The number of rotatable bonds is 5. The van der Waals surface area contributed by atoms with Crippen LogP contribution >= 0.6 is 22.9 Å². The molecule has 5 rings (SSSR count). The Kier molecular flexibility index (Phi) is 5.91. The highest BCUT2D eigenvalue weighted by Crippen LogP contribution is 2.35. The fourth-order valence-corrected chi connectivity index (χ4v) is 6.12. The van der Waals surface area contributed by atoms with E-state index < -0.39 is 0 Å². The second-order valence-corrected chi connectivity index (χ2v) is 9.74. The lowest BCUT2D eigenvalue weighted by molar-refractivity contribution is -0.00293. The molecule has 3 saturated heterocycles. The summed E-state index contributed by atoms with van der Waals surface area (Å²) in [7, 11) is 0. The molecule has 0 spiro atoms. The second-order valence-electron chi connectivity index (χ2n) is 8.27. The van der Waals surface area contributed by atoms with Crippen LogP contribution in [0, 0.1) is 5.92 Å². The van der Waals surface area contributed by atoms with Gasteiger partial charge in [-0.15, -0.1) is 11.3 Å². The number of aliphatic hydroxyl groups excluding tert-OH is 1. The van der Waals surface area contributed by atoms with E-state index >= 15 is 0 Å². The third-order valence-corrected chi connectivity index (χ3v) is 7.71. The van der Waals surface area contributed by atoms with Gasteiger partial charge in [0.15, 0.2) is 5.82 Å². The topological polar surface area (TPSA) is 65.0 Å². The summed E-state index contributed by atoms with van der Waals surface area (Å²) in [6.07, 6.45) is 2.44. The molecular weight excluding hydrogens is 410 g/mol. The fraction of sp³-hybridized carbons (Fsp3) is 0.700. The van der Waals surface area contributed by atoms with Gasteiger partial charge in [0, 0.05) is 56.2 Å². The van der Waals surface area contributed by atoms with E-state index in [-0.39, 0.29) is 6.61 Å². The SMILES string of the molecule is OCC1CN(Cc2cc3nc(Cl)nc(N4CCOCC4)c3s2)CCC1N1CCC1. The number of hydrogen-bond donors (Lipinski definition) is 1. The summed E-state index contributed by atoms with van der Waals surface area (Å²) in [6, 6.07) is 2.71. The first-order chi connectivity index (χ1) is 14.2. The standard InChI is InChI=1S/C20H28ClN5O2S/c21-20-22-16-10-15(29-18(16)19(23-20)26-6-8-28-9-7-26)12-24-5-2-17(14(11-24)13-27)25-3-1-4-25/h10,14,17,27H,1-9,11-13H2. The predicted octanol–water partition coefficient (Wildman–Crippen LogP) is 2.07. The zero-order chi connectivity index (χ0) is 19.8. The zero-order valence-corrected chi connectivity index (χ0v) is 18.2. The minimum atomic E-state index is 0.270. The van der Waals surface area contributed by atoms with Gasteiger partial charge >= 0.3 is 0 Å². The lowest BCUT2D eigenvalue weighted by Crippen LogP contribution is -2.55. The van der Waals surface area contributed by atoms with Gasteiger partial charge in [-0.3, -0.25) is 9.80 Å². The largest absolute Gasteiger partial charge is 0.396 e. The van der Waals surface area contributed by atoms with Crippen molar-refractivity contribution < 1.29 is 9.84 Å². The highest BCUT2D eigenvalue weighted by Gasteiger charge is 2.35. The van der Waals surface area contributed by atoms with E-state index in [1.54, 1.807) is 11.3 Å². The number of piperidine rings is 1. The normalized spacial score (nSPS) is 26.8. The summed E-state index contributed by atoms with van der Waals surface area (Å²) in [4.78, 5) is 17.6. The Balaban J connectivity index is 1.33. The summed E-state index contributed by atoms with van der Waals surface area (Å²) in [6.45, 7) is 8.68. The molecule has 0 radical (unpaired) electrons. The Bertz CT molecular complexity index is 855. The van der Waals surface area contributed by atoms with E-state index in [9.17, 15) is 5.11 Å². The molecule has 3 aliphatic rings. The van der Waals surface area contributed by atoms with Crippen molar-refractivity contribution in [3.63, 3.8) is 0 Å². The van der Waals surface area contributed by atoms with Crippen molar-refractivity contribution in [2.75, 3.05) is 64.0 Å². The molecular formula is C20H28ClN5O2S. The molecule has 0 aromatic carbocycles. The zero-order valence-electron chi connectivity index (χ0n) is 16.6. The number of morpholine rings is 1. The molecule has 3 aliphatic heterocycles. The van der Waals surface area contributed by atoms with Crippen LogP contribution in [0.25, 0.3) is 10.2 Å². The number of ether oxygens (including phenoxy) is 1. The molecule has 7 nitrogen and oxygen atoms in total. The van der Waals surface area contributed by atoms with Gasteiger partial charge in [-0.05, 0) is 43.6 Å². The van der Waals surface area contributed by atoms with Gasteiger partial charge in [-0.25, -0.2) is 4.98 Å². The number of anilines is 1. The van der Waals surface area contributed by atoms with E-state index in [1.165, 1.54) is 24.4 Å². The Morgan fingerprint density at radius 3 is 2.72 bits per heavy atom. The van der Waals surface area contributed by atoms with Crippen LogP contribution in [0.1, 0.15) is 17.7 Å². The molecule has 0 saturated carbocycles. The van der Waals surface area contributed by atoms with E-state index in [0.29, 0.717) is 17.2 Å². The number of likely N-dealkylation sites (tertiary alicyclic amines) is 2. The van der Waals surface area contributed by atoms with Crippen molar-refractivity contribution >= 4 is 39.0 Å². The Hall–Kier alpha value is -1.03. The van der Waals surface area contributed by atoms with Crippen molar-refractivity contribution in [2.45, 2.75) is 25.4 Å². The molecule has 9 heteroatoms. The molecule has 0 bridgehead atoms. The van der Waals surface area contributed by atoms with Gasteiger partial charge in [0.1, 0.15) is 0 Å². The quantitative estimate of drug-likeness (QED) is 0.718. The van der Waals surface area contributed by atoms with Crippen LogP contribution in [0.2, 0.25) is 5.28 Å². The molecule has 29 heavy (non-hydrogen) atoms. The van der Waals surface area contributed by atoms with Crippen molar-refractivity contribution in [1.82, 2.24) is 19.8 Å². The summed E-state index contributed by atoms with van der Waals surface area (Å²) < 4.78 is 6.59. The molecule has 0 aliphatic carbocycles. The lowest BCUT2D eigenvalue weighted by atomic mass is 9.89. The van der Waals surface area contributed by atoms with Crippen molar-refractivity contribution in [3.05, 3.63) is 16.2 Å². The number of nitrogens with zero attached hydrogens (tertiary/aromatic N) is 5. The predicted molar refractivity (Wildman–Crippen MR) is 116 cm³/mol. The van der Waals surface area contributed by atoms with Crippen LogP contribution in [-0.2, 0) is 11.3 Å². The van der Waals surface area contributed by atoms with Gasteiger partial charge in [0.05, 0.1) is 23.4 Å². The third kappa shape index (κ3) is 4.11.